The fourth-order valence-electron chi connectivity index (χ4n) is 4.22. The third-order valence-corrected chi connectivity index (χ3v) is 6.87. The van der Waals surface area contributed by atoms with Gasteiger partial charge in [0.1, 0.15) is 17.3 Å². The highest BCUT2D eigenvalue weighted by Gasteiger charge is 2.36. The van der Waals surface area contributed by atoms with Gasteiger partial charge in [-0.1, -0.05) is 6.07 Å². The summed E-state index contributed by atoms with van der Waals surface area (Å²) < 4.78 is 18.5. The minimum Gasteiger partial charge on any atom is -0.497 e. The third kappa shape index (κ3) is 3.83. The van der Waals surface area contributed by atoms with Crippen LogP contribution in [0.15, 0.2) is 23.0 Å². The Labute approximate surface area is 179 Å². The number of hydrogen-bond donors (Lipinski definition) is 2. The van der Waals surface area contributed by atoms with Crippen LogP contribution in [0.2, 0.25) is 0 Å². The molecule has 30 heavy (non-hydrogen) atoms. The van der Waals surface area contributed by atoms with Crippen molar-refractivity contribution in [2.75, 3.05) is 31.9 Å². The fraction of sp³-hybridized carbons (Fsp3) is 0.524. The summed E-state index contributed by atoms with van der Waals surface area (Å²) in [6, 6.07) is 5.56. The number of ether oxygens (including phenoxy) is 3. The van der Waals surface area contributed by atoms with E-state index in [-0.39, 0.29) is 34.1 Å². The monoisotopic (exact) mass is 433 g/mol. The van der Waals surface area contributed by atoms with Crippen LogP contribution in [0.25, 0.3) is 0 Å². The van der Waals surface area contributed by atoms with E-state index in [4.69, 9.17) is 14.2 Å². The molecule has 1 aromatic heterocycles. The van der Waals surface area contributed by atoms with Gasteiger partial charge in [-0.05, 0) is 32.8 Å². The molecular formula is C21H27N3O5S. The Morgan fingerprint density at radius 3 is 2.73 bits per heavy atom. The maximum Gasteiger partial charge on any atom is 0.270 e. The number of rotatable bonds is 4. The average molecular weight is 434 g/mol. The van der Waals surface area contributed by atoms with Crippen molar-refractivity contribution in [2.24, 2.45) is 0 Å². The number of nitrogens with zero attached hydrogens (tertiary/aromatic N) is 1. The second kappa shape index (κ2) is 8.03. The van der Waals surface area contributed by atoms with Gasteiger partial charge in [0.25, 0.3) is 5.56 Å². The van der Waals surface area contributed by atoms with Gasteiger partial charge in [0.05, 0.1) is 42.4 Å². The van der Waals surface area contributed by atoms with E-state index in [0.29, 0.717) is 29.5 Å². The van der Waals surface area contributed by atoms with Crippen LogP contribution in [0.4, 0.5) is 5.82 Å². The standard InChI is InChI=1S/C21H27N3O5S/c1-21(2)10-12(7-8-29-21)24-19-17(20(26)23-24)18(30-11-16(25)22-19)14-6-5-13(27-3)9-15(14)28-4/h5-6,9,12,18H,7-8,10-11H2,1-4H3,(H,22,25)(H,23,26). The number of anilines is 1. The topological polar surface area (TPSA) is 94.6 Å². The van der Waals surface area contributed by atoms with E-state index >= 15 is 0 Å². The molecule has 2 atom stereocenters. The lowest BCUT2D eigenvalue weighted by atomic mass is 9.94. The number of nitrogens with one attached hydrogen (secondary N) is 2. The summed E-state index contributed by atoms with van der Waals surface area (Å²) in [5.74, 6) is 1.94. The zero-order chi connectivity index (χ0) is 21.5. The summed E-state index contributed by atoms with van der Waals surface area (Å²) >= 11 is 1.41. The van der Waals surface area contributed by atoms with E-state index in [1.807, 2.05) is 30.7 Å². The largest absolute Gasteiger partial charge is 0.497 e. The van der Waals surface area contributed by atoms with Gasteiger partial charge in [0.2, 0.25) is 5.91 Å². The summed E-state index contributed by atoms with van der Waals surface area (Å²) in [5, 5.41) is 5.60. The van der Waals surface area contributed by atoms with Gasteiger partial charge >= 0.3 is 0 Å². The highest BCUT2D eigenvalue weighted by Crippen LogP contribution is 2.45. The van der Waals surface area contributed by atoms with Crippen molar-refractivity contribution < 1.29 is 19.0 Å². The number of carbonyl (C=O) groups is 1. The van der Waals surface area contributed by atoms with E-state index in [1.165, 1.54) is 11.8 Å². The van der Waals surface area contributed by atoms with Crippen LogP contribution >= 0.6 is 11.8 Å². The highest BCUT2D eigenvalue weighted by atomic mass is 32.2. The van der Waals surface area contributed by atoms with Crippen LogP contribution < -0.4 is 20.3 Å². The number of benzene rings is 1. The molecule has 2 N–H and O–H groups in total. The van der Waals surface area contributed by atoms with Gasteiger partial charge in [-0.15, -0.1) is 11.8 Å². The first-order valence-electron chi connectivity index (χ1n) is 9.94. The molecule has 0 spiro atoms. The van der Waals surface area contributed by atoms with Gasteiger partial charge in [-0.2, -0.15) is 0 Å². The first kappa shape index (κ1) is 20.9. The second-order valence-electron chi connectivity index (χ2n) is 8.18. The van der Waals surface area contributed by atoms with Crippen LogP contribution in [-0.4, -0.2) is 47.9 Å². The van der Waals surface area contributed by atoms with Crippen LogP contribution in [0, 0.1) is 0 Å². The molecule has 8 nitrogen and oxygen atoms in total. The summed E-state index contributed by atoms with van der Waals surface area (Å²) in [5.41, 5.74) is 0.876. The summed E-state index contributed by atoms with van der Waals surface area (Å²) in [7, 11) is 3.18. The molecule has 2 aliphatic heterocycles. The van der Waals surface area contributed by atoms with Crippen molar-refractivity contribution >= 4 is 23.5 Å². The van der Waals surface area contributed by atoms with E-state index in [9.17, 15) is 9.59 Å². The molecule has 0 radical (unpaired) electrons. The molecule has 0 bridgehead atoms. The molecular weight excluding hydrogens is 406 g/mol. The lowest BCUT2D eigenvalue weighted by Gasteiger charge is -2.36. The molecule has 0 aliphatic carbocycles. The Balaban J connectivity index is 1.82. The lowest BCUT2D eigenvalue weighted by molar-refractivity contribution is -0.113. The van der Waals surface area contributed by atoms with Crippen molar-refractivity contribution in [1.82, 2.24) is 9.78 Å². The van der Waals surface area contributed by atoms with E-state index < -0.39 is 0 Å². The zero-order valence-corrected chi connectivity index (χ0v) is 18.4. The molecule has 1 saturated heterocycles. The van der Waals surface area contributed by atoms with E-state index in [0.717, 1.165) is 18.4 Å². The van der Waals surface area contributed by atoms with Gasteiger partial charge in [-0.25, -0.2) is 0 Å². The predicted molar refractivity (Wildman–Crippen MR) is 116 cm³/mol. The van der Waals surface area contributed by atoms with Crippen LogP contribution in [0.5, 0.6) is 11.5 Å². The maximum atomic E-state index is 13.1. The van der Waals surface area contributed by atoms with Crippen LogP contribution in [-0.2, 0) is 9.53 Å². The molecule has 3 heterocycles. The Morgan fingerprint density at radius 2 is 2.03 bits per heavy atom. The molecule has 1 fully saturated rings. The minimum atomic E-state index is -0.349. The van der Waals surface area contributed by atoms with Crippen LogP contribution in [0.3, 0.4) is 0 Å². The lowest BCUT2D eigenvalue weighted by Crippen LogP contribution is -2.36. The Hall–Kier alpha value is -2.39. The normalized spacial score (nSPS) is 23.3. The second-order valence-corrected chi connectivity index (χ2v) is 9.27. The Kier molecular flexibility index (Phi) is 5.59. The molecule has 4 rings (SSSR count). The average Bonchev–Trinajstić information content (AvgIpc) is 2.92. The zero-order valence-electron chi connectivity index (χ0n) is 17.6. The SMILES string of the molecule is COc1ccc(C2SCC(=O)Nc3c2c(=O)[nH]n3C2CCOC(C)(C)C2)c(OC)c1. The van der Waals surface area contributed by atoms with Gasteiger partial charge in [0, 0.05) is 18.2 Å². The molecule has 1 amide bonds. The number of amides is 1. The number of hydrogen-bond acceptors (Lipinski definition) is 6. The van der Waals surface area contributed by atoms with Crippen molar-refractivity contribution in [2.45, 2.75) is 43.6 Å². The summed E-state index contributed by atoms with van der Waals surface area (Å²) in [6.45, 7) is 4.68. The molecule has 2 aromatic rings. The van der Waals surface area contributed by atoms with Crippen molar-refractivity contribution in [3.8, 4) is 11.5 Å². The van der Waals surface area contributed by atoms with Crippen molar-refractivity contribution in [3.63, 3.8) is 0 Å². The number of aromatic amines is 1. The maximum absolute atomic E-state index is 13.1. The number of H-pyrrole nitrogens is 1. The highest BCUT2D eigenvalue weighted by molar-refractivity contribution is 8.00. The molecule has 0 saturated carbocycles. The Morgan fingerprint density at radius 1 is 1.23 bits per heavy atom. The van der Waals surface area contributed by atoms with E-state index in [2.05, 4.69) is 10.4 Å². The first-order valence-corrected chi connectivity index (χ1v) is 11.0. The number of thioether (sulfide) groups is 1. The minimum absolute atomic E-state index is 0.0343. The summed E-state index contributed by atoms with van der Waals surface area (Å²) in [4.78, 5) is 25.6. The van der Waals surface area contributed by atoms with Crippen molar-refractivity contribution in [1.29, 1.82) is 0 Å². The third-order valence-electron chi connectivity index (χ3n) is 5.62. The number of methoxy groups -OCH3 is 2. The first-order chi connectivity index (χ1) is 14.3. The van der Waals surface area contributed by atoms with Gasteiger partial charge in [-0.3, -0.25) is 19.4 Å². The smallest absolute Gasteiger partial charge is 0.270 e. The fourth-order valence-corrected chi connectivity index (χ4v) is 5.37. The quantitative estimate of drug-likeness (QED) is 0.770. The van der Waals surface area contributed by atoms with Crippen molar-refractivity contribution in [3.05, 3.63) is 39.7 Å². The van der Waals surface area contributed by atoms with Gasteiger partial charge < -0.3 is 19.5 Å². The number of aromatic nitrogens is 2. The molecule has 162 valence electrons. The number of carbonyl (C=O) groups excluding carboxylic acids is 1. The number of fused-ring (bicyclic) bond motifs is 1. The molecule has 1 aromatic carbocycles. The van der Waals surface area contributed by atoms with Gasteiger partial charge in [0.15, 0.2) is 0 Å². The summed E-state index contributed by atoms with van der Waals surface area (Å²) in [6.07, 6.45) is 1.50. The predicted octanol–water partition coefficient (Wildman–Crippen LogP) is 3.10. The van der Waals surface area contributed by atoms with Crippen LogP contribution in [0.1, 0.15) is 49.1 Å². The molecule has 2 unspecified atom stereocenters. The molecule has 2 aliphatic rings. The Bertz CT molecular complexity index is 1010. The van der Waals surface area contributed by atoms with E-state index in [1.54, 1.807) is 20.3 Å². The molecule has 9 heteroatoms.